The SMILES string of the molecule is Nc1ccc(Cl)cc1S(=O)Cc1cc(F)ccc1F. The highest BCUT2D eigenvalue weighted by molar-refractivity contribution is 7.84. The van der Waals surface area contributed by atoms with Gasteiger partial charge in [0.25, 0.3) is 0 Å². The highest BCUT2D eigenvalue weighted by atomic mass is 35.5. The van der Waals surface area contributed by atoms with E-state index in [-0.39, 0.29) is 11.3 Å². The van der Waals surface area contributed by atoms with Crippen LogP contribution in [0.25, 0.3) is 0 Å². The van der Waals surface area contributed by atoms with Crippen LogP contribution in [0.3, 0.4) is 0 Å². The molecule has 0 fully saturated rings. The molecular weight excluding hydrogens is 292 g/mol. The first kappa shape index (κ1) is 14.0. The highest BCUT2D eigenvalue weighted by Crippen LogP contribution is 2.24. The van der Waals surface area contributed by atoms with Crippen molar-refractivity contribution in [2.24, 2.45) is 0 Å². The standard InChI is InChI=1S/C13H10ClF2NOS/c14-9-1-4-12(17)13(6-9)19(18)7-8-5-10(15)2-3-11(8)16/h1-6H,7,17H2. The normalized spacial score (nSPS) is 12.4. The predicted molar refractivity (Wildman–Crippen MR) is 72.3 cm³/mol. The summed E-state index contributed by atoms with van der Waals surface area (Å²) in [6.07, 6.45) is 0. The minimum absolute atomic E-state index is 0.0395. The van der Waals surface area contributed by atoms with Crippen LogP contribution in [0.15, 0.2) is 41.3 Å². The molecule has 19 heavy (non-hydrogen) atoms. The molecule has 0 radical (unpaired) electrons. The summed E-state index contributed by atoms with van der Waals surface area (Å²) < 4.78 is 38.6. The molecule has 0 aromatic heterocycles. The lowest BCUT2D eigenvalue weighted by Gasteiger charge is -2.07. The number of nitrogen functional groups attached to an aromatic ring is 1. The van der Waals surface area contributed by atoms with Crippen molar-refractivity contribution in [3.8, 4) is 0 Å². The number of halogens is 3. The third kappa shape index (κ3) is 3.30. The van der Waals surface area contributed by atoms with E-state index in [1.54, 1.807) is 6.07 Å². The summed E-state index contributed by atoms with van der Waals surface area (Å²) in [6, 6.07) is 7.59. The molecule has 100 valence electrons. The van der Waals surface area contributed by atoms with Gasteiger partial charge in [0.15, 0.2) is 0 Å². The van der Waals surface area contributed by atoms with E-state index in [1.807, 2.05) is 0 Å². The predicted octanol–water partition coefficient (Wildman–Crippen LogP) is 3.51. The molecule has 0 aliphatic carbocycles. The van der Waals surface area contributed by atoms with Gasteiger partial charge in [-0.3, -0.25) is 4.21 Å². The smallest absolute Gasteiger partial charge is 0.127 e. The van der Waals surface area contributed by atoms with Crippen molar-refractivity contribution in [3.63, 3.8) is 0 Å². The Balaban J connectivity index is 2.30. The number of benzene rings is 2. The molecule has 1 atom stereocenters. The Hall–Kier alpha value is -1.46. The second-order valence-corrected chi connectivity index (χ2v) is 5.76. The van der Waals surface area contributed by atoms with Crippen molar-refractivity contribution in [2.75, 3.05) is 5.73 Å². The Morgan fingerprint density at radius 3 is 2.63 bits per heavy atom. The second kappa shape index (κ2) is 5.67. The summed E-state index contributed by atoms with van der Waals surface area (Å²) in [5.74, 6) is -1.34. The van der Waals surface area contributed by atoms with Crippen molar-refractivity contribution < 1.29 is 13.0 Å². The summed E-state index contributed by atoms with van der Waals surface area (Å²) >= 11 is 5.80. The van der Waals surface area contributed by atoms with Crippen LogP contribution < -0.4 is 5.73 Å². The first-order chi connectivity index (χ1) is 8.97. The van der Waals surface area contributed by atoms with Crippen molar-refractivity contribution >= 4 is 28.1 Å². The molecule has 1 unspecified atom stereocenters. The maximum Gasteiger partial charge on any atom is 0.127 e. The lowest BCUT2D eigenvalue weighted by molar-refractivity contribution is 0.590. The van der Waals surface area contributed by atoms with E-state index in [1.165, 1.54) is 12.1 Å². The van der Waals surface area contributed by atoms with E-state index in [2.05, 4.69) is 0 Å². The minimum atomic E-state index is -1.59. The van der Waals surface area contributed by atoms with Crippen LogP contribution in [0.4, 0.5) is 14.5 Å². The number of anilines is 1. The van der Waals surface area contributed by atoms with Crippen molar-refractivity contribution in [1.29, 1.82) is 0 Å². The van der Waals surface area contributed by atoms with Gasteiger partial charge in [0.2, 0.25) is 0 Å². The average Bonchev–Trinajstić information content (AvgIpc) is 2.36. The number of hydrogen-bond donors (Lipinski definition) is 1. The van der Waals surface area contributed by atoms with Gasteiger partial charge in [-0.2, -0.15) is 0 Å². The first-order valence-electron chi connectivity index (χ1n) is 5.34. The van der Waals surface area contributed by atoms with Crippen molar-refractivity contribution in [2.45, 2.75) is 10.6 Å². The number of nitrogens with two attached hydrogens (primary N) is 1. The van der Waals surface area contributed by atoms with Gasteiger partial charge in [0, 0.05) is 16.3 Å². The van der Waals surface area contributed by atoms with Gasteiger partial charge in [-0.1, -0.05) is 11.6 Å². The van der Waals surface area contributed by atoms with Crippen LogP contribution >= 0.6 is 11.6 Å². The van der Waals surface area contributed by atoms with Crippen LogP contribution in [0.1, 0.15) is 5.56 Å². The monoisotopic (exact) mass is 301 g/mol. The molecule has 0 amide bonds. The number of rotatable bonds is 3. The van der Waals surface area contributed by atoms with Gasteiger partial charge in [-0.25, -0.2) is 8.78 Å². The van der Waals surface area contributed by atoms with E-state index in [0.717, 1.165) is 18.2 Å². The van der Waals surface area contributed by atoms with Crippen molar-refractivity contribution in [3.05, 3.63) is 58.6 Å². The van der Waals surface area contributed by atoms with E-state index >= 15 is 0 Å². The largest absolute Gasteiger partial charge is 0.398 e. The van der Waals surface area contributed by atoms with Gasteiger partial charge >= 0.3 is 0 Å². The summed E-state index contributed by atoms with van der Waals surface area (Å²) in [5, 5.41) is 0.386. The van der Waals surface area contributed by atoms with Crippen LogP contribution in [0, 0.1) is 11.6 Å². The maximum atomic E-state index is 13.5. The molecule has 0 heterocycles. The molecule has 0 aliphatic rings. The summed E-state index contributed by atoms with van der Waals surface area (Å²) in [6.45, 7) is 0. The molecule has 2 rings (SSSR count). The molecule has 0 saturated heterocycles. The van der Waals surface area contributed by atoms with Crippen LogP contribution in [-0.2, 0) is 16.6 Å². The lowest BCUT2D eigenvalue weighted by atomic mass is 10.2. The van der Waals surface area contributed by atoms with Crippen LogP contribution in [0.5, 0.6) is 0 Å². The molecule has 2 aromatic carbocycles. The molecule has 2 N–H and O–H groups in total. The Labute approximate surface area is 116 Å². The lowest BCUT2D eigenvalue weighted by Crippen LogP contribution is -2.03. The third-order valence-corrected chi connectivity index (χ3v) is 4.17. The molecule has 0 saturated carbocycles. The zero-order valence-corrected chi connectivity index (χ0v) is 11.3. The third-order valence-electron chi connectivity index (χ3n) is 2.52. The summed E-state index contributed by atoms with van der Waals surface area (Å²) in [5.41, 5.74) is 6.04. The van der Waals surface area contributed by atoms with E-state index in [9.17, 15) is 13.0 Å². The zero-order chi connectivity index (χ0) is 14.0. The fourth-order valence-corrected chi connectivity index (χ4v) is 3.06. The number of hydrogen-bond acceptors (Lipinski definition) is 2. The summed E-state index contributed by atoms with van der Waals surface area (Å²) in [4.78, 5) is 0.316. The molecule has 0 spiro atoms. The fraction of sp³-hybridized carbons (Fsp3) is 0.0769. The van der Waals surface area contributed by atoms with Gasteiger partial charge in [0.05, 0.1) is 21.4 Å². The topological polar surface area (TPSA) is 43.1 Å². The fourth-order valence-electron chi connectivity index (χ4n) is 1.58. The van der Waals surface area contributed by atoms with E-state index in [4.69, 9.17) is 17.3 Å². The van der Waals surface area contributed by atoms with Crippen molar-refractivity contribution in [1.82, 2.24) is 0 Å². The Morgan fingerprint density at radius 1 is 1.16 bits per heavy atom. The second-order valence-electron chi connectivity index (χ2n) is 3.91. The molecule has 2 aromatic rings. The Kier molecular flexibility index (Phi) is 4.17. The van der Waals surface area contributed by atoms with E-state index < -0.39 is 22.4 Å². The minimum Gasteiger partial charge on any atom is -0.398 e. The van der Waals surface area contributed by atoms with E-state index in [0.29, 0.717) is 15.6 Å². The molecule has 0 aliphatic heterocycles. The Morgan fingerprint density at radius 2 is 1.89 bits per heavy atom. The maximum absolute atomic E-state index is 13.5. The molecule has 6 heteroatoms. The average molecular weight is 302 g/mol. The zero-order valence-electron chi connectivity index (χ0n) is 9.70. The highest BCUT2D eigenvalue weighted by Gasteiger charge is 2.13. The molecule has 2 nitrogen and oxygen atoms in total. The van der Waals surface area contributed by atoms with Crippen LogP contribution in [-0.4, -0.2) is 4.21 Å². The molecule has 0 bridgehead atoms. The quantitative estimate of drug-likeness (QED) is 0.882. The van der Waals surface area contributed by atoms with Gasteiger partial charge in [0.1, 0.15) is 11.6 Å². The van der Waals surface area contributed by atoms with Crippen LogP contribution in [0.2, 0.25) is 5.02 Å². The van der Waals surface area contributed by atoms with Gasteiger partial charge in [-0.15, -0.1) is 0 Å². The first-order valence-corrected chi connectivity index (χ1v) is 7.04. The molecular formula is C13H10ClF2NOS. The van der Waals surface area contributed by atoms with Gasteiger partial charge in [-0.05, 0) is 36.4 Å². The Bertz CT molecular complexity index is 649. The summed E-state index contributed by atoms with van der Waals surface area (Å²) in [7, 11) is -1.59. The van der Waals surface area contributed by atoms with Gasteiger partial charge < -0.3 is 5.73 Å².